The molecule has 1 aromatic heterocycles. The third-order valence-corrected chi connectivity index (χ3v) is 3.08. The largest absolute Gasteiger partial charge is 0.455 e. The topological polar surface area (TPSA) is 48.1 Å². The maximum Gasteiger partial charge on any atom is 0.153 e. The second-order valence-corrected chi connectivity index (χ2v) is 4.42. The SMILES string of the molecule is Cc1ccccc1Oc1ccc(N)c2cccnc12. The molecule has 2 aromatic carbocycles. The van der Waals surface area contributed by atoms with E-state index in [1.54, 1.807) is 6.20 Å². The van der Waals surface area contributed by atoms with Crippen molar-refractivity contribution in [3.63, 3.8) is 0 Å². The molecule has 0 radical (unpaired) electrons. The highest BCUT2D eigenvalue weighted by molar-refractivity contribution is 5.94. The van der Waals surface area contributed by atoms with Crippen LogP contribution in [0.1, 0.15) is 5.56 Å². The van der Waals surface area contributed by atoms with E-state index in [0.29, 0.717) is 5.69 Å². The number of nitrogens with two attached hydrogens (primary N) is 1. The molecule has 0 aliphatic carbocycles. The van der Waals surface area contributed by atoms with Crippen LogP contribution in [0.5, 0.6) is 11.5 Å². The van der Waals surface area contributed by atoms with Gasteiger partial charge in [0.25, 0.3) is 0 Å². The van der Waals surface area contributed by atoms with Gasteiger partial charge in [0.15, 0.2) is 5.75 Å². The van der Waals surface area contributed by atoms with E-state index in [-0.39, 0.29) is 0 Å². The van der Waals surface area contributed by atoms with Crippen molar-refractivity contribution in [2.75, 3.05) is 5.73 Å². The van der Waals surface area contributed by atoms with Gasteiger partial charge in [-0.05, 0) is 42.8 Å². The standard InChI is InChI=1S/C16H14N2O/c1-11-5-2-3-7-14(11)19-15-9-8-13(17)12-6-4-10-18-16(12)15/h2-10H,17H2,1H3. The van der Waals surface area contributed by atoms with E-state index in [0.717, 1.165) is 28.0 Å². The van der Waals surface area contributed by atoms with Gasteiger partial charge in [-0.3, -0.25) is 4.98 Å². The van der Waals surface area contributed by atoms with Crippen LogP contribution in [0.2, 0.25) is 0 Å². The molecule has 0 atom stereocenters. The van der Waals surface area contributed by atoms with Gasteiger partial charge in [0.2, 0.25) is 0 Å². The molecule has 0 saturated carbocycles. The van der Waals surface area contributed by atoms with Gasteiger partial charge in [-0.1, -0.05) is 18.2 Å². The third-order valence-electron chi connectivity index (χ3n) is 3.08. The zero-order valence-electron chi connectivity index (χ0n) is 10.6. The minimum atomic E-state index is 0.709. The van der Waals surface area contributed by atoms with Gasteiger partial charge in [-0.25, -0.2) is 0 Å². The number of rotatable bonds is 2. The highest BCUT2D eigenvalue weighted by Crippen LogP contribution is 2.32. The van der Waals surface area contributed by atoms with Crippen molar-refractivity contribution in [1.82, 2.24) is 4.98 Å². The van der Waals surface area contributed by atoms with Crippen LogP contribution in [0.15, 0.2) is 54.7 Å². The Morgan fingerprint density at radius 3 is 2.63 bits per heavy atom. The predicted molar refractivity (Wildman–Crippen MR) is 77.4 cm³/mol. The van der Waals surface area contributed by atoms with Crippen molar-refractivity contribution in [3.05, 3.63) is 60.3 Å². The lowest BCUT2D eigenvalue weighted by atomic mass is 10.1. The Balaban J connectivity index is 2.12. The van der Waals surface area contributed by atoms with Crippen molar-refractivity contribution in [3.8, 4) is 11.5 Å². The molecule has 0 bridgehead atoms. The Morgan fingerprint density at radius 2 is 1.79 bits per heavy atom. The van der Waals surface area contributed by atoms with E-state index < -0.39 is 0 Å². The summed E-state index contributed by atoms with van der Waals surface area (Å²) in [5.41, 5.74) is 8.53. The van der Waals surface area contributed by atoms with Gasteiger partial charge in [0.05, 0.1) is 0 Å². The summed E-state index contributed by atoms with van der Waals surface area (Å²) in [5.74, 6) is 1.55. The van der Waals surface area contributed by atoms with Gasteiger partial charge in [0.1, 0.15) is 11.3 Å². The van der Waals surface area contributed by atoms with Crippen LogP contribution in [-0.2, 0) is 0 Å². The fourth-order valence-corrected chi connectivity index (χ4v) is 2.04. The number of ether oxygens (including phenoxy) is 1. The van der Waals surface area contributed by atoms with Crippen LogP contribution in [0.3, 0.4) is 0 Å². The minimum Gasteiger partial charge on any atom is -0.455 e. The van der Waals surface area contributed by atoms with Gasteiger partial charge >= 0.3 is 0 Å². The normalized spacial score (nSPS) is 10.6. The number of fused-ring (bicyclic) bond motifs is 1. The number of aryl methyl sites for hydroxylation is 1. The zero-order chi connectivity index (χ0) is 13.2. The smallest absolute Gasteiger partial charge is 0.153 e. The Hall–Kier alpha value is -2.55. The van der Waals surface area contributed by atoms with Crippen LogP contribution in [0.4, 0.5) is 5.69 Å². The number of nitrogen functional groups attached to an aromatic ring is 1. The molecule has 2 N–H and O–H groups in total. The number of hydrogen-bond donors (Lipinski definition) is 1. The number of aromatic nitrogens is 1. The fourth-order valence-electron chi connectivity index (χ4n) is 2.04. The van der Waals surface area contributed by atoms with Gasteiger partial charge < -0.3 is 10.5 Å². The Morgan fingerprint density at radius 1 is 0.947 bits per heavy atom. The van der Waals surface area contributed by atoms with E-state index in [4.69, 9.17) is 10.5 Å². The summed E-state index contributed by atoms with van der Waals surface area (Å²) < 4.78 is 5.96. The highest BCUT2D eigenvalue weighted by atomic mass is 16.5. The number of anilines is 1. The molecule has 3 aromatic rings. The molecule has 0 amide bonds. The van der Waals surface area contributed by atoms with Crippen molar-refractivity contribution < 1.29 is 4.74 Å². The second kappa shape index (κ2) is 4.61. The average molecular weight is 250 g/mol. The fraction of sp³-hybridized carbons (Fsp3) is 0.0625. The molecule has 0 fully saturated rings. The van der Waals surface area contributed by atoms with Crippen LogP contribution < -0.4 is 10.5 Å². The van der Waals surface area contributed by atoms with Crippen molar-refractivity contribution >= 4 is 16.6 Å². The summed E-state index contributed by atoms with van der Waals surface area (Å²) in [6, 6.07) is 15.4. The van der Waals surface area contributed by atoms with Gasteiger partial charge in [-0.15, -0.1) is 0 Å². The van der Waals surface area contributed by atoms with Crippen LogP contribution in [0, 0.1) is 6.92 Å². The van der Waals surface area contributed by atoms with Crippen molar-refractivity contribution in [2.45, 2.75) is 6.92 Å². The van der Waals surface area contributed by atoms with Crippen LogP contribution in [-0.4, -0.2) is 4.98 Å². The third kappa shape index (κ3) is 2.10. The first-order valence-corrected chi connectivity index (χ1v) is 6.12. The number of benzene rings is 2. The Kier molecular flexibility index (Phi) is 2.80. The molecule has 1 heterocycles. The molecule has 19 heavy (non-hydrogen) atoms. The lowest BCUT2D eigenvalue weighted by molar-refractivity contribution is 0.483. The van der Waals surface area contributed by atoms with Gasteiger partial charge in [0, 0.05) is 17.3 Å². The maximum absolute atomic E-state index is 5.96. The molecule has 3 heteroatoms. The summed E-state index contributed by atoms with van der Waals surface area (Å²) >= 11 is 0. The Labute approximate surface area is 111 Å². The van der Waals surface area contributed by atoms with Crippen LogP contribution in [0.25, 0.3) is 10.9 Å². The van der Waals surface area contributed by atoms with Crippen molar-refractivity contribution in [2.24, 2.45) is 0 Å². The maximum atomic E-state index is 5.96. The first-order valence-electron chi connectivity index (χ1n) is 6.12. The zero-order valence-corrected chi connectivity index (χ0v) is 10.6. The minimum absolute atomic E-state index is 0.709. The average Bonchev–Trinajstić information content (AvgIpc) is 2.44. The number of hydrogen-bond acceptors (Lipinski definition) is 3. The predicted octanol–water partition coefficient (Wildman–Crippen LogP) is 3.92. The van der Waals surface area contributed by atoms with Gasteiger partial charge in [-0.2, -0.15) is 0 Å². The Bertz CT molecular complexity index is 738. The van der Waals surface area contributed by atoms with E-state index in [9.17, 15) is 0 Å². The molecule has 3 nitrogen and oxygen atoms in total. The quantitative estimate of drug-likeness (QED) is 0.701. The van der Waals surface area contributed by atoms with E-state index in [2.05, 4.69) is 4.98 Å². The number of para-hydroxylation sites is 1. The molecule has 0 aliphatic heterocycles. The van der Waals surface area contributed by atoms with Crippen LogP contribution >= 0.6 is 0 Å². The summed E-state index contributed by atoms with van der Waals surface area (Å²) in [4.78, 5) is 4.36. The van der Waals surface area contributed by atoms with E-state index in [1.165, 1.54) is 0 Å². The molecule has 3 rings (SSSR count). The molecular weight excluding hydrogens is 236 g/mol. The number of pyridine rings is 1. The summed E-state index contributed by atoms with van der Waals surface area (Å²) in [7, 11) is 0. The molecular formula is C16H14N2O. The van der Waals surface area contributed by atoms with Crippen molar-refractivity contribution in [1.29, 1.82) is 0 Å². The molecule has 0 spiro atoms. The number of nitrogens with zero attached hydrogens (tertiary/aromatic N) is 1. The van der Waals surface area contributed by atoms with E-state index in [1.807, 2.05) is 55.5 Å². The summed E-state index contributed by atoms with van der Waals surface area (Å²) in [6.45, 7) is 2.02. The molecule has 0 unspecified atom stereocenters. The highest BCUT2D eigenvalue weighted by Gasteiger charge is 2.08. The molecule has 94 valence electrons. The first kappa shape index (κ1) is 11.5. The lowest BCUT2D eigenvalue weighted by Gasteiger charge is -2.11. The molecule has 0 saturated heterocycles. The van der Waals surface area contributed by atoms with E-state index >= 15 is 0 Å². The summed E-state index contributed by atoms with van der Waals surface area (Å²) in [5, 5.41) is 0.911. The first-order chi connectivity index (χ1) is 9.25. The second-order valence-electron chi connectivity index (χ2n) is 4.42. The lowest BCUT2D eigenvalue weighted by Crippen LogP contribution is -1.93. The summed E-state index contributed by atoms with van der Waals surface area (Å²) in [6.07, 6.45) is 1.74. The molecule has 0 aliphatic rings. The monoisotopic (exact) mass is 250 g/mol.